The number of aromatic nitrogens is 2. The van der Waals surface area contributed by atoms with Gasteiger partial charge in [0.1, 0.15) is 0 Å². The van der Waals surface area contributed by atoms with Crippen LogP contribution in [-0.4, -0.2) is 21.7 Å². The normalized spacial score (nSPS) is 12.4. The number of carbonyl (C=O) groups is 1. The Balaban J connectivity index is 1.66. The SMILES string of the molecule is O=C(CSc1ccc(C(F)(F)F)cn1)OC(c1ccccc1)c1ccccn1. The summed E-state index contributed by atoms with van der Waals surface area (Å²) in [5.74, 6) is -0.611. The highest BCUT2D eigenvalue weighted by molar-refractivity contribution is 7.99. The van der Waals surface area contributed by atoms with Gasteiger partial charge >= 0.3 is 12.1 Å². The molecule has 2 aromatic heterocycles. The molecule has 0 spiro atoms. The molecule has 0 saturated heterocycles. The highest BCUT2D eigenvalue weighted by Crippen LogP contribution is 2.30. The first-order valence-corrected chi connectivity index (χ1v) is 9.23. The average molecular weight is 404 g/mol. The Labute approximate surface area is 163 Å². The van der Waals surface area contributed by atoms with Crippen molar-refractivity contribution in [3.63, 3.8) is 0 Å². The molecule has 3 rings (SSSR count). The molecule has 1 aromatic carbocycles. The fourth-order valence-corrected chi connectivity index (χ4v) is 3.02. The predicted molar refractivity (Wildman–Crippen MR) is 98.6 cm³/mol. The molecule has 0 bridgehead atoms. The molecule has 0 N–H and O–H groups in total. The molecule has 0 aliphatic heterocycles. The molecule has 0 amide bonds. The van der Waals surface area contributed by atoms with Crippen LogP contribution in [0.25, 0.3) is 0 Å². The van der Waals surface area contributed by atoms with Crippen LogP contribution < -0.4 is 0 Å². The number of alkyl halides is 3. The standard InChI is InChI=1S/C20H15F3N2O2S/c21-20(22,23)15-9-10-17(25-12-15)28-13-18(26)27-19(14-6-2-1-3-7-14)16-8-4-5-11-24-16/h1-12,19H,13H2. The van der Waals surface area contributed by atoms with Crippen molar-refractivity contribution in [3.05, 3.63) is 89.9 Å². The molecule has 0 aliphatic carbocycles. The van der Waals surface area contributed by atoms with Crippen molar-refractivity contribution in [2.75, 3.05) is 5.75 Å². The number of thioether (sulfide) groups is 1. The van der Waals surface area contributed by atoms with Crippen molar-refractivity contribution < 1.29 is 22.7 Å². The van der Waals surface area contributed by atoms with Gasteiger partial charge in [0.2, 0.25) is 0 Å². The summed E-state index contributed by atoms with van der Waals surface area (Å²) in [6.07, 6.45) is -2.76. The van der Waals surface area contributed by atoms with Gasteiger partial charge in [0.15, 0.2) is 6.10 Å². The Morgan fingerprint density at radius 3 is 2.36 bits per heavy atom. The first-order chi connectivity index (χ1) is 13.4. The van der Waals surface area contributed by atoms with Gasteiger partial charge in [-0.15, -0.1) is 0 Å². The molecule has 3 aromatic rings. The summed E-state index contributed by atoms with van der Waals surface area (Å²) in [5.41, 5.74) is 0.519. The third kappa shape index (κ3) is 5.32. The highest BCUT2D eigenvalue weighted by Gasteiger charge is 2.30. The van der Waals surface area contributed by atoms with E-state index in [1.807, 2.05) is 30.3 Å². The van der Waals surface area contributed by atoms with Crippen molar-refractivity contribution in [1.29, 1.82) is 0 Å². The molecule has 1 atom stereocenters. The van der Waals surface area contributed by atoms with Gasteiger partial charge in [-0.25, -0.2) is 4.98 Å². The molecule has 0 fully saturated rings. The molecule has 2 heterocycles. The monoisotopic (exact) mass is 404 g/mol. The number of rotatable bonds is 6. The van der Waals surface area contributed by atoms with E-state index in [0.717, 1.165) is 29.6 Å². The van der Waals surface area contributed by atoms with Crippen molar-refractivity contribution in [2.24, 2.45) is 0 Å². The van der Waals surface area contributed by atoms with Gasteiger partial charge in [0, 0.05) is 12.4 Å². The Bertz CT molecular complexity index is 865. The first kappa shape index (κ1) is 19.9. The molecular weight excluding hydrogens is 389 g/mol. The lowest BCUT2D eigenvalue weighted by Gasteiger charge is -2.17. The van der Waals surface area contributed by atoms with Crippen LogP contribution in [0.3, 0.4) is 0 Å². The second kappa shape index (κ2) is 8.88. The number of halogens is 3. The van der Waals surface area contributed by atoms with Gasteiger partial charge in [0.25, 0.3) is 0 Å². The molecule has 0 saturated carbocycles. The molecule has 4 nitrogen and oxygen atoms in total. The summed E-state index contributed by atoms with van der Waals surface area (Å²) in [5, 5.41) is 0.305. The lowest BCUT2D eigenvalue weighted by atomic mass is 10.1. The third-order valence-electron chi connectivity index (χ3n) is 3.71. The average Bonchev–Trinajstić information content (AvgIpc) is 2.71. The zero-order chi connectivity index (χ0) is 20.0. The smallest absolute Gasteiger partial charge is 0.417 e. The third-order valence-corrected chi connectivity index (χ3v) is 4.63. The molecule has 144 valence electrons. The van der Waals surface area contributed by atoms with Gasteiger partial charge < -0.3 is 4.74 Å². The molecule has 28 heavy (non-hydrogen) atoms. The number of pyridine rings is 2. The van der Waals surface area contributed by atoms with Crippen LogP contribution in [0, 0.1) is 0 Å². The van der Waals surface area contributed by atoms with Crippen molar-refractivity contribution in [2.45, 2.75) is 17.3 Å². The van der Waals surface area contributed by atoms with Gasteiger partial charge in [-0.3, -0.25) is 9.78 Å². The highest BCUT2D eigenvalue weighted by atomic mass is 32.2. The van der Waals surface area contributed by atoms with E-state index in [1.165, 1.54) is 6.07 Å². The Hall–Kier alpha value is -2.87. The Morgan fingerprint density at radius 1 is 1.00 bits per heavy atom. The lowest BCUT2D eigenvalue weighted by molar-refractivity contribution is -0.144. The second-order valence-electron chi connectivity index (χ2n) is 5.71. The van der Waals surface area contributed by atoms with E-state index in [4.69, 9.17) is 4.74 Å². The molecule has 1 unspecified atom stereocenters. The van der Waals surface area contributed by atoms with Gasteiger partial charge in [-0.1, -0.05) is 48.2 Å². The quantitative estimate of drug-likeness (QED) is 0.431. The summed E-state index contributed by atoms with van der Waals surface area (Å²) < 4.78 is 43.3. The van der Waals surface area contributed by atoms with E-state index in [-0.39, 0.29) is 5.75 Å². The van der Waals surface area contributed by atoms with Crippen molar-refractivity contribution >= 4 is 17.7 Å². The summed E-state index contributed by atoms with van der Waals surface area (Å²) in [4.78, 5) is 20.3. The lowest BCUT2D eigenvalue weighted by Crippen LogP contribution is -2.15. The topological polar surface area (TPSA) is 52.1 Å². The second-order valence-corrected chi connectivity index (χ2v) is 6.70. The van der Waals surface area contributed by atoms with E-state index in [1.54, 1.807) is 24.4 Å². The molecule has 0 radical (unpaired) electrons. The fraction of sp³-hybridized carbons (Fsp3) is 0.150. The summed E-state index contributed by atoms with van der Waals surface area (Å²) in [6.45, 7) is 0. The van der Waals surface area contributed by atoms with Gasteiger partial charge in [-0.2, -0.15) is 13.2 Å². The van der Waals surface area contributed by atoms with Crippen LogP contribution in [0.4, 0.5) is 13.2 Å². The zero-order valence-corrected chi connectivity index (χ0v) is 15.3. The van der Waals surface area contributed by atoms with E-state index in [2.05, 4.69) is 9.97 Å². The van der Waals surface area contributed by atoms with Crippen LogP contribution in [0.15, 0.2) is 78.1 Å². The molecular formula is C20H15F3N2O2S. The summed E-state index contributed by atoms with van der Waals surface area (Å²) >= 11 is 1.01. The van der Waals surface area contributed by atoms with E-state index in [9.17, 15) is 18.0 Å². The van der Waals surface area contributed by atoms with E-state index >= 15 is 0 Å². The van der Waals surface area contributed by atoms with Crippen LogP contribution >= 0.6 is 11.8 Å². The minimum Gasteiger partial charge on any atom is -0.450 e. The number of nitrogens with zero attached hydrogens (tertiary/aromatic N) is 2. The first-order valence-electron chi connectivity index (χ1n) is 8.25. The van der Waals surface area contributed by atoms with Gasteiger partial charge in [-0.05, 0) is 29.8 Å². The minimum absolute atomic E-state index is 0.0888. The minimum atomic E-state index is -4.44. The maximum Gasteiger partial charge on any atom is 0.417 e. The van der Waals surface area contributed by atoms with E-state index in [0.29, 0.717) is 10.7 Å². The number of benzene rings is 1. The number of ether oxygens (including phenoxy) is 1. The van der Waals surface area contributed by atoms with Gasteiger partial charge in [0.05, 0.1) is 22.0 Å². The van der Waals surface area contributed by atoms with Crippen molar-refractivity contribution in [1.82, 2.24) is 9.97 Å². The predicted octanol–water partition coefficient (Wildman–Crippen LogP) is 4.92. The van der Waals surface area contributed by atoms with Crippen LogP contribution in [0.1, 0.15) is 22.9 Å². The van der Waals surface area contributed by atoms with Crippen LogP contribution in [0.5, 0.6) is 0 Å². The van der Waals surface area contributed by atoms with Crippen molar-refractivity contribution in [3.8, 4) is 0 Å². The maximum atomic E-state index is 12.6. The maximum absolute atomic E-state index is 12.6. The number of carbonyl (C=O) groups excluding carboxylic acids is 1. The fourth-order valence-electron chi connectivity index (χ4n) is 2.39. The summed E-state index contributed by atoms with van der Waals surface area (Å²) in [6, 6.07) is 16.7. The zero-order valence-electron chi connectivity index (χ0n) is 14.5. The largest absolute Gasteiger partial charge is 0.450 e. The molecule has 0 aliphatic rings. The van der Waals surface area contributed by atoms with E-state index < -0.39 is 23.8 Å². The van der Waals surface area contributed by atoms with Crippen LogP contribution in [-0.2, 0) is 15.7 Å². The summed E-state index contributed by atoms with van der Waals surface area (Å²) in [7, 11) is 0. The Morgan fingerprint density at radius 2 is 1.75 bits per heavy atom. The van der Waals surface area contributed by atoms with Crippen LogP contribution in [0.2, 0.25) is 0 Å². The number of hydrogen-bond acceptors (Lipinski definition) is 5. The number of hydrogen-bond donors (Lipinski definition) is 0. The Kier molecular flexibility index (Phi) is 6.30. The molecule has 8 heteroatoms. The number of esters is 1.